The van der Waals surface area contributed by atoms with Crippen LogP contribution in [0.1, 0.15) is 43.2 Å². The number of nitrogens with one attached hydrogen (secondary N) is 2. The number of carbonyl (C=O) groups excluding carboxylic acids is 2. The van der Waals surface area contributed by atoms with Gasteiger partial charge in [0.05, 0.1) is 11.1 Å². The Bertz CT molecular complexity index is 1730. The van der Waals surface area contributed by atoms with Gasteiger partial charge in [0, 0.05) is 80.1 Å². The van der Waals surface area contributed by atoms with Crippen LogP contribution in [0.4, 0.5) is 23.8 Å². The first-order valence-corrected chi connectivity index (χ1v) is 16.1. The van der Waals surface area contributed by atoms with E-state index in [2.05, 4.69) is 37.4 Å². The quantitative estimate of drug-likeness (QED) is 0.218. The number of nitrogens with zero attached hydrogens (tertiary/aromatic N) is 5. The second-order valence-electron chi connectivity index (χ2n) is 10.6. The van der Waals surface area contributed by atoms with Crippen molar-refractivity contribution in [3.8, 4) is 21.7 Å². The molecular weight excluding hydrogens is 619 g/mol. The summed E-state index contributed by atoms with van der Waals surface area (Å²) in [6, 6.07) is 6.10. The van der Waals surface area contributed by atoms with Crippen molar-refractivity contribution in [1.82, 2.24) is 29.7 Å². The predicted molar refractivity (Wildman–Crippen MR) is 176 cm³/mol. The first-order chi connectivity index (χ1) is 22.1. The fourth-order valence-corrected chi connectivity index (χ4v) is 5.89. The number of aromatic nitrogens is 3. The Morgan fingerprint density at radius 1 is 1.09 bits per heavy atom. The van der Waals surface area contributed by atoms with Crippen LogP contribution in [0.3, 0.4) is 0 Å². The molecule has 246 valence electrons. The normalized spacial score (nSPS) is 14.1. The van der Waals surface area contributed by atoms with Gasteiger partial charge in [-0.25, -0.2) is 14.8 Å². The number of thiazole rings is 1. The van der Waals surface area contributed by atoms with E-state index in [0.717, 1.165) is 55.9 Å². The second kappa shape index (κ2) is 15.4. The molecule has 46 heavy (non-hydrogen) atoms. The topological polar surface area (TPSA) is 112 Å². The van der Waals surface area contributed by atoms with Crippen molar-refractivity contribution < 1.29 is 22.8 Å². The Hall–Kier alpha value is -4.14. The summed E-state index contributed by atoms with van der Waals surface area (Å²) in [7, 11) is 2.08. The summed E-state index contributed by atoms with van der Waals surface area (Å²) in [5.74, 6) is 0.122. The molecule has 0 aliphatic carbocycles. The molecule has 14 heteroatoms. The molecule has 0 atom stereocenters. The number of carbonyl (C=O) groups is 2. The van der Waals surface area contributed by atoms with Crippen molar-refractivity contribution in [2.45, 2.75) is 39.9 Å². The van der Waals surface area contributed by atoms with E-state index in [1.807, 2.05) is 25.3 Å². The van der Waals surface area contributed by atoms with Crippen LogP contribution in [-0.2, 0) is 12.7 Å². The van der Waals surface area contributed by atoms with Crippen LogP contribution in [0.5, 0.6) is 0 Å². The molecule has 2 amide bonds. The number of benzene rings is 1. The molecular formula is C32H38F3N7O3S. The summed E-state index contributed by atoms with van der Waals surface area (Å²) in [4.78, 5) is 50.2. The van der Waals surface area contributed by atoms with Gasteiger partial charge in [0.15, 0.2) is 17.4 Å². The number of rotatable bonds is 9. The largest absolute Gasteiger partial charge is 0.434 e. The maximum absolute atomic E-state index is 13.4. The molecule has 0 radical (unpaired) electrons. The van der Waals surface area contributed by atoms with Crippen molar-refractivity contribution in [3.05, 3.63) is 63.5 Å². The molecule has 0 unspecified atom stereocenters. The van der Waals surface area contributed by atoms with Crippen LogP contribution in [0.15, 0.2) is 46.8 Å². The van der Waals surface area contributed by atoms with E-state index in [0.29, 0.717) is 47.0 Å². The highest BCUT2D eigenvalue weighted by Crippen LogP contribution is 2.39. The van der Waals surface area contributed by atoms with Gasteiger partial charge in [-0.2, -0.15) is 13.2 Å². The third-order valence-electron chi connectivity index (χ3n) is 7.50. The zero-order valence-electron chi connectivity index (χ0n) is 26.3. The van der Waals surface area contributed by atoms with Gasteiger partial charge in [-0.05, 0) is 37.2 Å². The molecule has 4 heterocycles. The van der Waals surface area contributed by atoms with Gasteiger partial charge in [-0.15, -0.1) is 11.3 Å². The number of fused-ring (bicyclic) bond motifs is 1. The summed E-state index contributed by atoms with van der Waals surface area (Å²) in [6.07, 6.45) is -0.386. The van der Waals surface area contributed by atoms with Gasteiger partial charge < -0.3 is 14.8 Å². The van der Waals surface area contributed by atoms with Gasteiger partial charge in [0.1, 0.15) is 10.8 Å². The summed E-state index contributed by atoms with van der Waals surface area (Å²) in [6.45, 7) is 11.4. The fourth-order valence-electron chi connectivity index (χ4n) is 5.03. The van der Waals surface area contributed by atoms with Crippen LogP contribution in [0.2, 0.25) is 0 Å². The first-order valence-electron chi connectivity index (χ1n) is 15.2. The number of aldehydes is 1. The molecule has 0 saturated carbocycles. The average molecular weight is 658 g/mol. The van der Waals surface area contributed by atoms with Crippen molar-refractivity contribution in [2.24, 2.45) is 0 Å². The van der Waals surface area contributed by atoms with E-state index in [4.69, 9.17) is 0 Å². The number of halogens is 3. The number of anilines is 1. The lowest BCUT2D eigenvalue weighted by atomic mass is 9.99. The molecule has 1 aromatic carbocycles. The zero-order valence-corrected chi connectivity index (χ0v) is 27.1. The fraction of sp³-hybridized carbons (Fsp3) is 0.406. The number of urea groups is 1. The van der Waals surface area contributed by atoms with Gasteiger partial charge in [0.2, 0.25) is 0 Å². The number of piperazine rings is 1. The Morgan fingerprint density at radius 2 is 1.83 bits per heavy atom. The van der Waals surface area contributed by atoms with Gasteiger partial charge in [-0.1, -0.05) is 26.8 Å². The molecule has 1 aliphatic heterocycles. The average Bonchev–Trinajstić information content (AvgIpc) is 3.57. The van der Waals surface area contributed by atoms with Gasteiger partial charge in [0.25, 0.3) is 0 Å². The molecule has 2 N–H and O–H groups in total. The van der Waals surface area contributed by atoms with Crippen LogP contribution in [0.25, 0.3) is 32.6 Å². The number of pyridine rings is 2. The van der Waals surface area contributed by atoms with E-state index >= 15 is 0 Å². The van der Waals surface area contributed by atoms with Gasteiger partial charge in [-0.3, -0.25) is 19.8 Å². The van der Waals surface area contributed by atoms with Crippen LogP contribution in [0, 0.1) is 0 Å². The minimum Gasteiger partial charge on any atom is -0.345 e. The molecule has 1 saturated heterocycles. The third kappa shape index (κ3) is 8.17. The summed E-state index contributed by atoms with van der Waals surface area (Å²) < 4.78 is 42.2. The summed E-state index contributed by atoms with van der Waals surface area (Å²) in [5, 5.41) is 6.56. The minimum absolute atomic E-state index is 0.0127. The van der Waals surface area contributed by atoms with Crippen molar-refractivity contribution in [1.29, 1.82) is 0 Å². The van der Waals surface area contributed by atoms with E-state index in [1.165, 1.54) is 12.3 Å². The lowest BCUT2D eigenvalue weighted by molar-refractivity contribution is -0.140. The molecule has 10 nitrogen and oxygen atoms in total. The highest BCUT2D eigenvalue weighted by atomic mass is 32.1. The van der Waals surface area contributed by atoms with E-state index in [9.17, 15) is 27.6 Å². The highest BCUT2D eigenvalue weighted by Gasteiger charge is 2.34. The van der Waals surface area contributed by atoms with Crippen LogP contribution in [-0.4, -0.2) is 83.0 Å². The predicted octanol–water partition coefficient (Wildman–Crippen LogP) is 5.82. The van der Waals surface area contributed by atoms with Crippen LogP contribution < -0.4 is 16.1 Å². The standard InChI is InChI=1S/C30H32F3N7O3S.C2H6/c1-3-6-34-29(43)37-26-14-21(28-36-25(18-44-28)30(31,32)33)23(15-35-26)19-4-5-24-22(13-19)27(42)20(17-41)16-40(24)12-11-39-9-7-38(2)8-10-39;1-2/h4-5,13-18H,3,6-12H2,1-2H3,(H2,34,35,37,43);1-2H3. The number of likely N-dealkylation sites (N-methyl/N-ethyl adjacent to an activating group) is 1. The zero-order chi connectivity index (χ0) is 33.4. The van der Waals surface area contributed by atoms with Crippen LogP contribution >= 0.6 is 11.3 Å². The van der Waals surface area contributed by atoms with E-state index in [1.54, 1.807) is 24.4 Å². The van der Waals surface area contributed by atoms with Gasteiger partial charge >= 0.3 is 12.2 Å². The molecule has 4 aromatic rings. The lowest BCUT2D eigenvalue weighted by Crippen LogP contribution is -2.45. The second-order valence-corrected chi connectivity index (χ2v) is 11.5. The van der Waals surface area contributed by atoms with Crippen molar-refractivity contribution in [2.75, 3.05) is 51.6 Å². The summed E-state index contributed by atoms with van der Waals surface area (Å²) in [5.41, 5.74) is 0.374. The number of alkyl halides is 3. The first kappa shape index (κ1) is 34.7. The Morgan fingerprint density at radius 3 is 2.48 bits per heavy atom. The van der Waals surface area contributed by atoms with Crippen molar-refractivity contribution in [3.63, 3.8) is 0 Å². The number of amides is 2. The third-order valence-corrected chi connectivity index (χ3v) is 8.38. The Labute approximate surface area is 269 Å². The minimum atomic E-state index is -4.63. The molecule has 0 bridgehead atoms. The molecule has 1 fully saturated rings. The van der Waals surface area contributed by atoms with E-state index in [-0.39, 0.29) is 16.4 Å². The maximum Gasteiger partial charge on any atom is 0.434 e. The number of hydrogen-bond acceptors (Lipinski definition) is 8. The lowest BCUT2D eigenvalue weighted by Gasteiger charge is -2.32. The SMILES string of the molecule is CC.CCCNC(=O)Nc1cc(-c2nc(C(F)(F)F)cs2)c(-c2ccc3c(c2)c(=O)c(C=O)cn3CCN2CCN(C)CC2)cn1. The van der Waals surface area contributed by atoms with E-state index < -0.39 is 23.3 Å². The molecule has 3 aromatic heterocycles. The molecule has 1 aliphatic rings. The number of hydrogen-bond donors (Lipinski definition) is 2. The monoisotopic (exact) mass is 657 g/mol. The maximum atomic E-state index is 13.4. The highest BCUT2D eigenvalue weighted by molar-refractivity contribution is 7.13. The summed E-state index contributed by atoms with van der Waals surface area (Å²) >= 11 is 0.808. The smallest absolute Gasteiger partial charge is 0.345 e. The Balaban J connectivity index is 0.00000235. The van der Waals surface area contributed by atoms with Crippen molar-refractivity contribution >= 4 is 40.4 Å². The molecule has 5 rings (SSSR count). The molecule has 0 spiro atoms. The Kier molecular flexibility index (Phi) is 11.7.